The molecule has 3 amide bonds. The van der Waals surface area contributed by atoms with Gasteiger partial charge in [-0.2, -0.15) is 0 Å². The van der Waals surface area contributed by atoms with Crippen LogP contribution in [-0.2, 0) is 4.79 Å². The molecule has 0 spiro atoms. The minimum atomic E-state index is -1.62. The van der Waals surface area contributed by atoms with Crippen LogP contribution in [-0.4, -0.2) is 111 Å². The van der Waals surface area contributed by atoms with Gasteiger partial charge in [-0.05, 0) is 80.3 Å². The highest BCUT2D eigenvalue weighted by atomic mass is 127. The summed E-state index contributed by atoms with van der Waals surface area (Å²) >= 11 is 5.55. The Morgan fingerprint density at radius 3 is 1.89 bits per heavy atom. The molecule has 16 heteroatoms. The van der Waals surface area contributed by atoms with Gasteiger partial charge in [0.25, 0.3) is 17.7 Å². The SMILES string of the molecule is Cc1c(I)c(C(=O)NC(CO)C(O)CO)c(I)c(C(=O)N(NC(=O)CN)C(CO)C(O)CO)c1I. The molecule has 35 heavy (non-hydrogen) atoms. The van der Waals surface area contributed by atoms with Crippen molar-refractivity contribution in [3.05, 3.63) is 27.4 Å². The maximum atomic E-state index is 13.6. The number of aliphatic hydroxyl groups excluding tert-OH is 6. The molecule has 0 aliphatic heterocycles. The molecule has 0 saturated carbocycles. The molecule has 0 bridgehead atoms. The van der Waals surface area contributed by atoms with Gasteiger partial charge in [0.1, 0.15) is 12.1 Å². The maximum absolute atomic E-state index is 13.6. The van der Waals surface area contributed by atoms with Crippen molar-refractivity contribution < 1.29 is 45.0 Å². The Hall–Kier alpha value is -0.460. The Balaban J connectivity index is 3.69. The van der Waals surface area contributed by atoms with E-state index in [1.807, 2.05) is 45.2 Å². The first-order chi connectivity index (χ1) is 16.4. The Labute approximate surface area is 241 Å². The number of halogens is 3. The van der Waals surface area contributed by atoms with Crippen molar-refractivity contribution in [3.63, 3.8) is 0 Å². The van der Waals surface area contributed by atoms with E-state index in [9.17, 15) is 39.9 Å². The fourth-order valence-corrected chi connectivity index (χ4v) is 7.01. The molecule has 1 aromatic carbocycles. The average Bonchev–Trinajstić information content (AvgIpc) is 2.84. The van der Waals surface area contributed by atoms with Gasteiger partial charge in [0.2, 0.25) is 0 Å². The summed E-state index contributed by atoms with van der Waals surface area (Å²) in [7, 11) is 0. The van der Waals surface area contributed by atoms with Crippen molar-refractivity contribution in [2.24, 2.45) is 5.73 Å². The number of carbonyl (C=O) groups is 3. The molecule has 0 aliphatic carbocycles. The zero-order valence-corrected chi connectivity index (χ0v) is 24.9. The summed E-state index contributed by atoms with van der Waals surface area (Å²) in [6.07, 6.45) is -3.05. The molecule has 0 aromatic heterocycles. The van der Waals surface area contributed by atoms with E-state index in [2.05, 4.69) is 10.7 Å². The number of hydrogen-bond donors (Lipinski definition) is 9. The molecule has 13 nitrogen and oxygen atoms in total. The topological polar surface area (TPSA) is 226 Å². The van der Waals surface area contributed by atoms with Crippen LogP contribution in [0.2, 0.25) is 0 Å². The number of amides is 3. The average molecular weight is 836 g/mol. The predicted molar refractivity (Wildman–Crippen MR) is 148 cm³/mol. The van der Waals surface area contributed by atoms with Gasteiger partial charge in [-0.25, -0.2) is 5.01 Å². The largest absolute Gasteiger partial charge is 0.394 e. The normalized spacial score (nSPS) is 14.6. The lowest BCUT2D eigenvalue weighted by Crippen LogP contribution is -2.59. The van der Waals surface area contributed by atoms with Crippen LogP contribution in [0.3, 0.4) is 0 Å². The van der Waals surface area contributed by atoms with E-state index in [1.54, 1.807) is 29.5 Å². The highest BCUT2D eigenvalue weighted by molar-refractivity contribution is 14.1. The Morgan fingerprint density at radius 2 is 1.43 bits per heavy atom. The summed E-state index contributed by atoms with van der Waals surface area (Å²) in [6, 6.07) is -2.62. The van der Waals surface area contributed by atoms with Gasteiger partial charge in [-0.3, -0.25) is 19.8 Å². The van der Waals surface area contributed by atoms with Crippen molar-refractivity contribution in [3.8, 4) is 0 Å². The second-order valence-corrected chi connectivity index (χ2v) is 10.5. The lowest BCUT2D eigenvalue weighted by Gasteiger charge is -2.34. The molecule has 0 aliphatic rings. The molecule has 10 N–H and O–H groups in total. The fraction of sp³-hybridized carbons (Fsp3) is 0.526. The number of nitrogens with two attached hydrogens (primary N) is 1. The number of hydrogen-bond acceptors (Lipinski definition) is 10. The number of nitrogens with zero attached hydrogens (tertiary/aromatic N) is 1. The lowest BCUT2D eigenvalue weighted by atomic mass is 10.0. The smallest absolute Gasteiger partial charge is 0.274 e. The summed E-state index contributed by atoms with van der Waals surface area (Å²) in [5.74, 6) is -2.45. The summed E-state index contributed by atoms with van der Waals surface area (Å²) in [5.41, 5.74) is 8.06. The first-order valence-electron chi connectivity index (χ1n) is 10.0. The molecule has 4 atom stereocenters. The number of rotatable bonds is 11. The summed E-state index contributed by atoms with van der Waals surface area (Å²) in [4.78, 5) is 38.8. The van der Waals surface area contributed by atoms with Gasteiger partial charge in [-0.15, -0.1) is 0 Å². The fourth-order valence-electron chi connectivity index (χ4n) is 2.89. The van der Waals surface area contributed by atoms with E-state index in [0.29, 0.717) is 17.7 Å². The molecule has 0 saturated heterocycles. The quantitative estimate of drug-likeness (QED) is 0.0835. The number of carbonyl (C=O) groups excluding carboxylic acids is 3. The molecular formula is C19H27I3N4O9. The van der Waals surface area contributed by atoms with E-state index in [-0.39, 0.29) is 14.7 Å². The molecule has 198 valence electrons. The Bertz CT molecular complexity index is 938. The number of benzene rings is 1. The van der Waals surface area contributed by atoms with Crippen LogP contribution in [0.25, 0.3) is 0 Å². The first-order valence-corrected chi connectivity index (χ1v) is 13.3. The minimum absolute atomic E-state index is 0.0319. The number of aliphatic hydroxyl groups is 6. The van der Waals surface area contributed by atoms with Crippen LogP contribution in [0.1, 0.15) is 26.3 Å². The summed E-state index contributed by atoms with van der Waals surface area (Å²) < 4.78 is 1.02. The predicted octanol–water partition coefficient (Wildman–Crippen LogP) is -2.60. The molecule has 1 aromatic rings. The highest BCUT2D eigenvalue weighted by Crippen LogP contribution is 2.33. The standard InChI is InChI=1S/C19H27I3N4O9/c1-7-15(20)13(18(34)24-8(3-27)10(31)5-29)17(22)14(16(7)21)19(35)26(25-12(33)2-23)9(4-28)11(32)6-30/h8-11,27-32H,2-6,23H2,1H3,(H,24,34)(H,25,33). The van der Waals surface area contributed by atoms with E-state index in [4.69, 9.17) is 10.8 Å². The van der Waals surface area contributed by atoms with Crippen LogP contribution < -0.4 is 16.5 Å². The van der Waals surface area contributed by atoms with Crippen molar-refractivity contribution >= 4 is 85.5 Å². The van der Waals surface area contributed by atoms with Crippen LogP contribution in [0, 0.1) is 17.6 Å². The zero-order valence-electron chi connectivity index (χ0n) is 18.4. The van der Waals surface area contributed by atoms with E-state index >= 15 is 0 Å². The molecule has 4 unspecified atom stereocenters. The van der Waals surface area contributed by atoms with Crippen molar-refractivity contribution in [2.45, 2.75) is 31.2 Å². The lowest BCUT2D eigenvalue weighted by molar-refractivity contribution is -0.126. The van der Waals surface area contributed by atoms with Gasteiger partial charge >= 0.3 is 0 Å². The van der Waals surface area contributed by atoms with Crippen molar-refractivity contribution in [2.75, 3.05) is 33.0 Å². The molecule has 1 rings (SSSR count). The third-order valence-electron chi connectivity index (χ3n) is 4.94. The van der Waals surface area contributed by atoms with Gasteiger partial charge in [0.15, 0.2) is 0 Å². The van der Waals surface area contributed by atoms with E-state index in [0.717, 1.165) is 0 Å². The van der Waals surface area contributed by atoms with Crippen molar-refractivity contribution in [1.82, 2.24) is 15.8 Å². The Morgan fingerprint density at radius 1 is 0.886 bits per heavy atom. The van der Waals surface area contributed by atoms with Gasteiger partial charge in [0, 0.05) is 10.7 Å². The van der Waals surface area contributed by atoms with Crippen LogP contribution >= 0.6 is 67.8 Å². The maximum Gasteiger partial charge on any atom is 0.274 e. The second kappa shape index (κ2) is 15.1. The number of nitrogens with one attached hydrogen (secondary N) is 2. The summed E-state index contributed by atoms with van der Waals surface area (Å²) in [5, 5.41) is 60.8. The minimum Gasteiger partial charge on any atom is -0.394 e. The monoisotopic (exact) mass is 836 g/mol. The number of hydrazine groups is 1. The molecule has 0 radical (unpaired) electrons. The second-order valence-electron chi connectivity index (χ2n) is 7.24. The molecular weight excluding hydrogens is 809 g/mol. The summed E-state index contributed by atoms with van der Waals surface area (Å²) in [6.45, 7) is -1.88. The van der Waals surface area contributed by atoms with E-state index in [1.165, 1.54) is 0 Å². The zero-order chi connectivity index (χ0) is 27.0. The molecule has 0 fully saturated rings. The third-order valence-corrected chi connectivity index (χ3v) is 8.72. The van der Waals surface area contributed by atoms with Crippen LogP contribution in [0.15, 0.2) is 0 Å². The van der Waals surface area contributed by atoms with Crippen LogP contribution in [0.5, 0.6) is 0 Å². The Kier molecular flexibility index (Phi) is 14.0. The first kappa shape index (κ1) is 32.6. The van der Waals surface area contributed by atoms with Gasteiger partial charge < -0.3 is 41.7 Å². The third kappa shape index (κ3) is 7.77. The van der Waals surface area contributed by atoms with Crippen molar-refractivity contribution in [1.29, 1.82) is 0 Å². The van der Waals surface area contributed by atoms with E-state index < -0.39 is 75.0 Å². The molecule has 0 heterocycles. The van der Waals surface area contributed by atoms with Gasteiger partial charge in [0.05, 0.1) is 56.2 Å². The van der Waals surface area contributed by atoms with Crippen LogP contribution in [0.4, 0.5) is 0 Å². The van der Waals surface area contributed by atoms with Gasteiger partial charge in [-0.1, -0.05) is 0 Å². The highest BCUT2D eigenvalue weighted by Gasteiger charge is 2.36.